The number of phenols is 1. The van der Waals surface area contributed by atoms with Crippen LogP contribution >= 0.6 is 0 Å². The van der Waals surface area contributed by atoms with Gasteiger partial charge in [-0.25, -0.2) is 0 Å². The Kier molecular flexibility index (Phi) is 1.94. The number of nitrogens with zero attached hydrogens (tertiary/aromatic N) is 4. The van der Waals surface area contributed by atoms with Crippen molar-refractivity contribution in [3.63, 3.8) is 0 Å². The molecule has 0 unspecified atom stereocenters. The van der Waals surface area contributed by atoms with Crippen molar-refractivity contribution in [2.75, 3.05) is 5.73 Å². The molecule has 0 atom stereocenters. The van der Waals surface area contributed by atoms with Crippen molar-refractivity contribution < 1.29 is 5.11 Å². The second-order valence-corrected chi connectivity index (χ2v) is 3.57. The van der Waals surface area contributed by atoms with E-state index in [1.165, 1.54) is 0 Å². The number of fused-ring (bicyclic) bond motifs is 1. The van der Waals surface area contributed by atoms with Crippen molar-refractivity contribution in [3.8, 4) is 17.1 Å². The smallest absolute Gasteiger partial charge is 0.179 e. The lowest BCUT2D eigenvalue weighted by molar-refractivity contribution is 0.479. The van der Waals surface area contributed by atoms with Crippen LogP contribution in [0, 0.1) is 0 Å². The number of aromatic nitrogens is 4. The van der Waals surface area contributed by atoms with Crippen molar-refractivity contribution >= 4 is 11.3 Å². The topological polar surface area (TPSA) is 89.3 Å². The second kappa shape index (κ2) is 3.44. The van der Waals surface area contributed by atoms with Gasteiger partial charge in [0.2, 0.25) is 0 Å². The fraction of sp³-hybridized carbons (Fsp3) is 0. The molecule has 0 bridgehead atoms. The number of phenolic OH excluding ortho intramolecular Hbond substituents is 1. The van der Waals surface area contributed by atoms with Gasteiger partial charge >= 0.3 is 0 Å². The molecule has 17 heavy (non-hydrogen) atoms. The third-order valence-corrected chi connectivity index (χ3v) is 2.52. The molecule has 0 saturated heterocycles. The standard InChI is InChI=1S/C11H9N5O/c12-8-3-1-2-7(10(8)17)11-15-14-9-6-13-4-5-16(9)11/h1-6,17H,12H2. The first kappa shape index (κ1) is 9.59. The maximum Gasteiger partial charge on any atom is 0.179 e. The summed E-state index contributed by atoms with van der Waals surface area (Å²) in [7, 11) is 0. The summed E-state index contributed by atoms with van der Waals surface area (Å²) >= 11 is 0. The van der Waals surface area contributed by atoms with Crippen LogP contribution in [0.25, 0.3) is 17.0 Å². The van der Waals surface area contributed by atoms with E-state index in [4.69, 9.17) is 5.73 Å². The lowest BCUT2D eigenvalue weighted by Gasteiger charge is -2.04. The maximum absolute atomic E-state index is 9.91. The minimum atomic E-state index is 0.0126. The van der Waals surface area contributed by atoms with Crippen molar-refractivity contribution in [3.05, 3.63) is 36.8 Å². The molecule has 6 nitrogen and oxygen atoms in total. The predicted octanol–water partition coefficient (Wildman–Crippen LogP) is 1.08. The number of anilines is 1. The molecule has 0 amide bonds. The molecule has 3 N–H and O–H groups in total. The van der Waals surface area contributed by atoms with Crippen LogP contribution in [0.15, 0.2) is 36.8 Å². The van der Waals surface area contributed by atoms with Crippen LogP contribution in [0.3, 0.4) is 0 Å². The molecule has 0 radical (unpaired) electrons. The number of nitrogens with two attached hydrogens (primary N) is 1. The molecule has 0 aliphatic carbocycles. The first-order valence-corrected chi connectivity index (χ1v) is 5.00. The van der Waals surface area contributed by atoms with Crippen LogP contribution in [0.1, 0.15) is 0 Å². The molecule has 84 valence electrons. The Balaban J connectivity index is 2.31. The number of para-hydroxylation sites is 1. The molecule has 0 spiro atoms. The molecule has 0 aliphatic heterocycles. The van der Waals surface area contributed by atoms with Crippen molar-refractivity contribution in [1.29, 1.82) is 0 Å². The number of hydrogen-bond donors (Lipinski definition) is 2. The molecule has 0 saturated carbocycles. The summed E-state index contributed by atoms with van der Waals surface area (Å²) in [5.74, 6) is 0.547. The number of rotatable bonds is 1. The first-order chi connectivity index (χ1) is 8.27. The van der Waals surface area contributed by atoms with E-state index >= 15 is 0 Å². The Morgan fingerprint density at radius 1 is 1.24 bits per heavy atom. The molecule has 2 heterocycles. The average molecular weight is 227 g/mol. The summed E-state index contributed by atoms with van der Waals surface area (Å²) < 4.78 is 1.74. The van der Waals surface area contributed by atoms with Crippen molar-refractivity contribution in [2.45, 2.75) is 0 Å². The zero-order chi connectivity index (χ0) is 11.8. The number of benzene rings is 1. The van der Waals surface area contributed by atoms with Crippen molar-refractivity contribution in [2.24, 2.45) is 0 Å². The zero-order valence-corrected chi connectivity index (χ0v) is 8.78. The van der Waals surface area contributed by atoms with Crippen molar-refractivity contribution in [1.82, 2.24) is 19.6 Å². The van der Waals surface area contributed by atoms with E-state index in [1.54, 1.807) is 41.2 Å². The molecule has 3 aromatic rings. The molecule has 2 aromatic heterocycles. The van der Waals surface area contributed by atoms with E-state index in [1.807, 2.05) is 0 Å². The van der Waals surface area contributed by atoms with Crippen LogP contribution in [0.5, 0.6) is 5.75 Å². The van der Waals surface area contributed by atoms with Gasteiger partial charge in [-0.3, -0.25) is 9.38 Å². The lowest BCUT2D eigenvalue weighted by Crippen LogP contribution is -1.92. The van der Waals surface area contributed by atoms with E-state index in [-0.39, 0.29) is 5.75 Å². The van der Waals surface area contributed by atoms with Gasteiger partial charge in [-0.1, -0.05) is 6.07 Å². The Bertz CT molecular complexity index is 691. The minimum Gasteiger partial charge on any atom is -0.505 e. The van der Waals surface area contributed by atoms with Crippen LogP contribution in [-0.4, -0.2) is 24.7 Å². The summed E-state index contributed by atoms with van der Waals surface area (Å²) in [6, 6.07) is 5.12. The lowest BCUT2D eigenvalue weighted by atomic mass is 10.1. The number of hydrogen-bond acceptors (Lipinski definition) is 5. The van der Waals surface area contributed by atoms with Gasteiger partial charge in [0.15, 0.2) is 11.5 Å². The van der Waals surface area contributed by atoms with Crippen LogP contribution in [0.2, 0.25) is 0 Å². The SMILES string of the molecule is Nc1cccc(-c2nnc3cnccn23)c1O. The Hall–Kier alpha value is -2.63. The average Bonchev–Trinajstić information content (AvgIpc) is 2.77. The predicted molar refractivity (Wildman–Crippen MR) is 62.3 cm³/mol. The quantitative estimate of drug-likeness (QED) is 0.479. The molecular formula is C11H9N5O. The fourth-order valence-electron chi connectivity index (χ4n) is 1.68. The van der Waals surface area contributed by atoms with E-state index in [2.05, 4.69) is 15.2 Å². The Labute approximate surface area is 96.4 Å². The zero-order valence-electron chi connectivity index (χ0n) is 8.78. The van der Waals surface area contributed by atoms with Gasteiger partial charge in [-0.2, -0.15) is 0 Å². The Morgan fingerprint density at radius 2 is 2.12 bits per heavy atom. The third kappa shape index (κ3) is 1.38. The maximum atomic E-state index is 9.91. The van der Waals surface area contributed by atoms with Crippen LogP contribution < -0.4 is 5.73 Å². The summed E-state index contributed by atoms with van der Waals surface area (Å²) in [5.41, 5.74) is 7.12. The monoisotopic (exact) mass is 227 g/mol. The van der Waals surface area contributed by atoms with Crippen LogP contribution in [0.4, 0.5) is 5.69 Å². The van der Waals surface area contributed by atoms with Gasteiger partial charge in [0, 0.05) is 12.4 Å². The Morgan fingerprint density at radius 3 is 3.00 bits per heavy atom. The minimum absolute atomic E-state index is 0.0126. The van der Waals surface area contributed by atoms with Gasteiger partial charge in [-0.15, -0.1) is 10.2 Å². The highest BCUT2D eigenvalue weighted by Crippen LogP contribution is 2.32. The third-order valence-electron chi connectivity index (χ3n) is 2.52. The summed E-state index contributed by atoms with van der Waals surface area (Å²) in [6.07, 6.45) is 4.95. The van der Waals surface area contributed by atoms with E-state index in [0.29, 0.717) is 22.7 Å². The molecule has 0 fully saturated rings. The largest absolute Gasteiger partial charge is 0.505 e. The van der Waals surface area contributed by atoms with E-state index < -0.39 is 0 Å². The highest BCUT2D eigenvalue weighted by atomic mass is 16.3. The van der Waals surface area contributed by atoms with Gasteiger partial charge in [0.1, 0.15) is 5.75 Å². The molecule has 6 heteroatoms. The fourth-order valence-corrected chi connectivity index (χ4v) is 1.68. The highest BCUT2D eigenvalue weighted by Gasteiger charge is 2.13. The normalized spacial score (nSPS) is 10.8. The molecule has 3 rings (SSSR count). The van der Waals surface area contributed by atoms with Gasteiger partial charge in [0.25, 0.3) is 0 Å². The van der Waals surface area contributed by atoms with Gasteiger partial charge < -0.3 is 10.8 Å². The molecular weight excluding hydrogens is 218 g/mol. The number of aromatic hydroxyl groups is 1. The summed E-state index contributed by atoms with van der Waals surface area (Å²) in [4.78, 5) is 3.95. The summed E-state index contributed by atoms with van der Waals surface area (Å²) in [5, 5.41) is 17.9. The molecule has 1 aromatic carbocycles. The highest BCUT2D eigenvalue weighted by molar-refractivity contribution is 5.73. The summed E-state index contributed by atoms with van der Waals surface area (Å²) in [6.45, 7) is 0. The molecule has 0 aliphatic rings. The van der Waals surface area contributed by atoms with E-state index in [0.717, 1.165) is 0 Å². The van der Waals surface area contributed by atoms with Gasteiger partial charge in [-0.05, 0) is 12.1 Å². The number of nitrogen functional groups attached to an aromatic ring is 1. The first-order valence-electron chi connectivity index (χ1n) is 5.00. The van der Waals surface area contributed by atoms with Gasteiger partial charge in [0.05, 0.1) is 17.4 Å². The van der Waals surface area contributed by atoms with Crippen LogP contribution in [-0.2, 0) is 0 Å². The second-order valence-electron chi connectivity index (χ2n) is 3.57. The van der Waals surface area contributed by atoms with E-state index in [9.17, 15) is 5.11 Å².